The molecule has 1 aliphatic carbocycles. The Morgan fingerprint density at radius 2 is 1.81 bits per heavy atom. The van der Waals surface area contributed by atoms with Gasteiger partial charge in [-0.05, 0) is 48.2 Å². The minimum atomic E-state index is -1.09. The molecule has 0 fully saturated rings. The van der Waals surface area contributed by atoms with Gasteiger partial charge >= 0.3 is 0 Å². The molecule has 0 heterocycles. The van der Waals surface area contributed by atoms with E-state index in [0.29, 0.717) is 19.3 Å². The highest BCUT2D eigenvalue weighted by atomic mass is 79.9. The van der Waals surface area contributed by atoms with E-state index in [0.717, 1.165) is 10.0 Å². The first kappa shape index (κ1) is 14.7. The smallest absolute Gasteiger partial charge is 0.129 e. The Balaban J connectivity index is 1.88. The van der Waals surface area contributed by atoms with E-state index in [1.54, 1.807) is 0 Å². The summed E-state index contributed by atoms with van der Waals surface area (Å²) >= 11 is 3.43. The summed E-state index contributed by atoms with van der Waals surface area (Å²) in [5.41, 5.74) is 1.11. The van der Waals surface area contributed by atoms with E-state index in [-0.39, 0.29) is 12.0 Å². The quantitative estimate of drug-likeness (QED) is 0.859. The van der Waals surface area contributed by atoms with E-state index in [9.17, 15) is 13.9 Å². The zero-order valence-corrected chi connectivity index (χ0v) is 13.0. The van der Waals surface area contributed by atoms with Gasteiger partial charge in [0.25, 0.3) is 0 Å². The number of hydrogen-bond acceptors (Lipinski definition) is 1. The summed E-state index contributed by atoms with van der Waals surface area (Å²) in [5, 5.41) is 10.7. The Labute approximate surface area is 130 Å². The molecule has 2 aromatic rings. The Morgan fingerprint density at radius 1 is 1.10 bits per heavy atom. The van der Waals surface area contributed by atoms with E-state index in [4.69, 9.17) is 0 Å². The number of fused-ring (bicyclic) bond motifs is 1. The van der Waals surface area contributed by atoms with Crippen molar-refractivity contribution < 1.29 is 13.9 Å². The third-order valence-electron chi connectivity index (χ3n) is 4.12. The molecule has 4 heteroatoms. The molecule has 0 saturated heterocycles. The van der Waals surface area contributed by atoms with Gasteiger partial charge in [-0.2, -0.15) is 0 Å². The van der Waals surface area contributed by atoms with Crippen molar-refractivity contribution in [2.45, 2.75) is 31.3 Å². The van der Waals surface area contributed by atoms with Gasteiger partial charge in [0.2, 0.25) is 0 Å². The number of benzene rings is 2. The van der Waals surface area contributed by atoms with Crippen molar-refractivity contribution in [2.75, 3.05) is 0 Å². The molecule has 0 amide bonds. The standard InChI is InChI=1S/C17H15BrF2O/c18-13-5-4-12-9-17(21,7-6-11(12)8-13)10-14-15(19)2-1-3-16(14)20/h1-5,8,21H,6-7,9-10H2. The fourth-order valence-corrected chi connectivity index (χ4v) is 3.40. The first-order chi connectivity index (χ1) is 9.97. The van der Waals surface area contributed by atoms with Crippen LogP contribution in [0.3, 0.4) is 0 Å². The monoisotopic (exact) mass is 352 g/mol. The van der Waals surface area contributed by atoms with Crippen LogP contribution in [0.5, 0.6) is 0 Å². The average Bonchev–Trinajstić information content (AvgIpc) is 2.44. The van der Waals surface area contributed by atoms with Gasteiger partial charge in [0.1, 0.15) is 11.6 Å². The zero-order valence-electron chi connectivity index (χ0n) is 11.4. The molecule has 2 aromatic carbocycles. The molecule has 1 N–H and O–H groups in total. The molecule has 110 valence electrons. The lowest BCUT2D eigenvalue weighted by Crippen LogP contribution is -2.38. The molecule has 1 unspecified atom stereocenters. The lowest BCUT2D eigenvalue weighted by Gasteiger charge is -2.34. The first-order valence-corrected chi connectivity index (χ1v) is 7.69. The number of aryl methyl sites for hydroxylation is 1. The van der Waals surface area contributed by atoms with Crippen LogP contribution in [0.2, 0.25) is 0 Å². The third kappa shape index (κ3) is 3.01. The van der Waals surface area contributed by atoms with E-state index >= 15 is 0 Å². The van der Waals surface area contributed by atoms with Gasteiger partial charge < -0.3 is 5.11 Å². The van der Waals surface area contributed by atoms with Crippen LogP contribution in [-0.2, 0) is 19.3 Å². The molecule has 3 rings (SSSR count). The van der Waals surface area contributed by atoms with Gasteiger partial charge in [-0.3, -0.25) is 0 Å². The van der Waals surface area contributed by atoms with Crippen molar-refractivity contribution in [3.8, 4) is 0 Å². The Kier molecular flexibility index (Phi) is 3.84. The molecule has 1 atom stereocenters. The Morgan fingerprint density at radius 3 is 2.52 bits per heavy atom. The summed E-state index contributed by atoms with van der Waals surface area (Å²) in [6.07, 6.45) is 1.63. The van der Waals surface area contributed by atoms with Gasteiger partial charge in [0.15, 0.2) is 0 Å². The van der Waals surface area contributed by atoms with Crippen molar-refractivity contribution >= 4 is 15.9 Å². The summed E-state index contributed by atoms with van der Waals surface area (Å²) < 4.78 is 28.5. The van der Waals surface area contributed by atoms with Crippen LogP contribution in [0.25, 0.3) is 0 Å². The van der Waals surface area contributed by atoms with Crippen LogP contribution in [0, 0.1) is 11.6 Å². The summed E-state index contributed by atoms with van der Waals surface area (Å²) in [4.78, 5) is 0. The Hall–Kier alpha value is -1.26. The molecule has 0 aliphatic heterocycles. The van der Waals surface area contributed by atoms with Crippen molar-refractivity contribution in [1.29, 1.82) is 0 Å². The molecule has 0 radical (unpaired) electrons. The van der Waals surface area contributed by atoms with E-state index in [1.807, 2.05) is 18.2 Å². The van der Waals surface area contributed by atoms with Gasteiger partial charge in [0.05, 0.1) is 5.60 Å². The lowest BCUT2D eigenvalue weighted by molar-refractivity contribution is 0.0251. The van der Waals surface area contributed by atoms with Crippen molar-refractivity contribution in [1.82, 2.24) is 0 Å². The Bertz CT molecular complexity index is 666. The fraction of sp³-hybridized carbons (Fsp3) is 0.294. The predicted molar refractivity (Wildman–Crippen MR) is 81.2 cm³/mol. The van der Waals surface area contributed by atoms with Gasteiger partial charge in [0, 0.05) is 22.9 Å². The summed E-state index contributed by atoms with van der Waals surface area (Å²) in [6, 6.07) is 9.73. The van der Waals surface area contributed by atoms with Crippen LogP contribution < -0.4 is 0 Å². The molecule has 0 aromatic heterocycles. The highest BCUT2D eigenvalue weighted by Gasteiger charge is 2.34. The van der Waals surface area contributed by atoms with Crippen LogP contribution in [0.1, 0.15) is 23.1 Å². The number of rotatable bonds is 2. The molecule has 0 saturated carbocycles. The van der Waals surface area contributed by atoms with Crippen LogP contribution in [0.4, 0.5) is 8.78 Å². The van der Waals surface area contributed by atoms with Gasteiger partial charge in [-0.15, -0.1) is 0 Å². The highest BCUT2D eigenvalue weighted by molar-refractivity contribution is 9.10. The second-order valence-electron chi connectivity index (χ2n) is 5.69. The number of halogens is 3. The second-order valence-corrected chi connectivity index (χ2v) is 6.61. The average molecular weight is 353 g/mol. The van der Waals surface area contributed by atoms with E-state index < -0.39 is 17.2 Å². The van der Waals surface area contributed by atoms with Crippen LogP contribution >= 0.6 is 15.9 Å². The van der Waals surface area contributed by atoms with Crippen LogP contribution in [0.15, 0.2) is 40.9 Å². The second kappa shape index (κ2) is 5.50. The zero-order chi connectivity index (χ0) is 15.0. The first-order valence-electron chi connectivity index (χ1n) is 6.89. The van der Waals surface area contributed by atoms with E-state index in [2.05, 4.69) is 15.9 Å². The molecule has 0 spiro atoms. The van der Waals surface area contributed by atoms with Gasteiger partial charge in [-0.25, -0.2) is 8.78 Å². The summed E-state index contributed by atoms with van der Waals surface area (Å²) in [7, 11) is 0. The predicted octanol–water partition coefficient (Wildman–Crippen LogP) is 4.19. The maximum Gasteiger partial charge on any atom is 0.129 e. The normalized spacial score (nSPS) is 21.1. The molecule has 21 heavy (non-hydrogen) atoms. The maximum absolute atomic E-state index is 13.8. The minimum absolute atomic E-state index is 0.00100. The van der Waals surface area contributed by atoms with Crippen LogP contribution in [-0.4, -0.2) is 10.7 Å². The number of hydrogen-bond donors (Lipinski definition) is 1. The topological polar surface area (TPSA) is 20.2 Å². The fourth-order valence-electron chi connectivity index (χ4n) is 2.99. The lowest BCUT2D eigenvalue weighted by atomic mass is 9.77. The third-order valence-corrected chi connectivity index (χ3v) is 4.61. The molecule has 1 aliphatic rings. The molecular weight excluding hydrogens is 338 g/mol. The summed E-state index contributed by atoms with van der Waals surface area (Å²) in [6.45, 7) is 0. The minimum Gasteiger partial charge on any atom is -0.389 e. The SMILES string of the molecule is OC1(Cc2c(F)cccc2F)CCc2cc(Br)ccc2C1. The van der Waals surface area contributed by atoms with Crippen molar-refractivity contribution in [3.63, 3.8) is 0 Å². The van der Waals surface area contributed by atoms with E-state index in [1.165, 1.54) is 23.8 Å². The number of aliphatic hydroxyl groups is 1. The van der Waals surface area contributed by atoms with Gasteiger partial charge in [-0.1, -0.05) is 28.1 Å². The maximum atomic E-state index is 13.8. The molecule has 0 bridgehead atoms. The highest BCUT2D eigenvalue weighted by Crippen LogP contribution is 2.33. The van der Waals surface area contributed by atoms with Crippen molar-refractivity contribution in [2.24, 2.45) is 0 Å². The summed E-state index contributed by atoms with van der Waals surface area (Å²) in [5.74, 6) is -1.19. The molecular formula is C17H15BrF2O. The molecule has 1 nitrogen and oxygen atoms in total. The van der Waals surface area contributed by atoms with Crippen molar-refractivity contribution in [3.05, 3.63) is 69.2 Å². The largest absolute Gasteiger partial charge is 0.389 e.